The number of anilines is 2. The average Bonchev–Trinajstić information content (AvgIpc) is 3.50. The third-order valence-corrected chi connectivity index (χ3v) is 6.00. The molecule has 156 valence electrons. The molecule has 1 aliphatic heterocycles. The quantitative estimate of drug-likeness (QED) is 0.552. The van der Waals surface area contributed by atoms with Gasteiger partial charge in [-0.1, -0.05) is 84.0 Å². The largest absolute Gasteiger partial charge is 0.360 e. The van der Waals surface area contributed by atoms with Gasteiger partial charge in [0.25, 0.3) is 0 Å². The van der Waals surface area contributed by atoms with Crippen molar-refractivity contribution < 1.29 is 0 Å². The lowest BCUT2D eigenvalue weighted by molar-refractivity contribution is 0.570. The summed E-state index contributed by atoms with van der Waals surface area (Å²) in [6.07, 6.45) is 4.47. The second-order valence-electron chi connectivity index (χ2n) is 10.6. The molecular formula is C28H34N2. The highest BCUT2D eigenvalue weighted by Gasteiger charge is 2.28. The minimum Gasteiger partial charge on any atom is -0.360 e. The van der Waals surface area contributed by atoms with E-state index < -0.39 is 0 Å². The third kappa shape index (κ3) is 3.96. The van der Waals surface area contributed by atoms with Gasteiger partial charge >= 0.3 is 0 Å². The first-order valence-electron chi connectivity index (χ1n) is 11.0. The summed E-state index contributed by atoms with van der Waals surface area (Å²) < 4.78 is 0. The van der Waals surface area contributed by atoms with E-state index in [-0.39, 0.29) is 10.8 Å². The van der Waals surface area contributed by atoms with E-state index in [0.29, 0.717) is 0 Å². The number of rotatable bonds is 3. The maximum Gasteiger partial charge on any atom is 0.0459 e. The summed E-state index contributed by atoms with van der Waals surface area (Å²) in [5.74, 6) is 0. The number of benzene rings is 2. The van der Waals surface area contributed by atoms with Crippen molar-refractivity contribution in [1.29, 1.82) is 0 Å². The van der Waals surface area contributed by atoms with E-state index in [1.165, 1.54) is 51.9 Å². The molecule has 0 aromatic heterocycles. The summed E-state index contributed by atoms with van der Waals surface area (Å²) in [4.78, 5) is 0. The van der Waals surface area contributed by atoms with Crippen molar-refractivity contribution in [3.05, 3.63) is 88.8 Å². The normalized spacial score (nSPS) is 15.9. The molecule has 2 heteroatoms. The number of para-hydroxylation sites is 1. The van der Waals surface area contributed by atoms with Crippen molar-refractivity contribution in [2.75, 3.05) is 10.6 Å². The number of fused-ring (bicyclic) bond motifs is 1. The van der Waals surface area contributed by atoms with Gasteiger partial charge in [-0.25, -0.2) is 0 Å². The Morgan fingerprint density at radius 1 is 0.933 bits per heavy atom. The van der Waals surface area contributed by atoms with Crippen LogP contribution in [0.4, 0.5) is 11.4 Å². The van der Waals surface area contributed by atoms with Crippen LogP contribution >= 0.6 is 0 Å². The lowest BCUT2D eigenvalue weighted by Crippen LogP contribution is -2.19. The zero-order valence-corrected chi connectivity index (χ0v) is 19.2. The Balaban J connectivity index is 1.70. The van der Waals surface area contributed by atoms with E-state index in [1.807, 2.05) is 0 Å². The Kier molecular flexibility index (Phi) is 4.92. The standard InChI is InChI=1S/C28H34N2/c1-18(22-17-29-24-11-9-8-10-21(24)26(22)19-12-13-19)30-25-15-14-20(27(2,3)4)16-23(25)28(5,6)7/h8-11,14-17,29-30H,1,12-13H2,2-7H3. The van der Waals surface area contributed by atoms with Gasteiger partial charge in [-0.05, 0) is 52.5 Å². The predicted octanol–water partition coefficient (Wildman–Crippen LogP) is 7.76. The van der Waals surface area contributed by atoms with E-state index in [4.69, 9.17) is 0 Å². The summed E-state index contributed by atoms with van der Waals surface area (Å²) >= 11 is 0. The Labute approximate surface area is 181 Å². The van der Waals surface area contributed by atoms with Crippen LogP contribution < -0.4 is 10.6 Å². The highest BCUT2D eigenvalue weighted by Crippen LogP contribution is 2.46. The monoisotopic (exact) mass is 398 g/mol. The molecule has 0 unspecified atom stereocenters. The van der Waals surface area contributed by atoms with Crippen LogP contribution in [0.25, 0.3) is 5.57 Å². The predicted molar refractivity (Wildman–Crippen MR) is 131 cm³/mol. The van der Waals surface area contributed by atoms with Crippen molar-refractivity contribution >= 4 is 16.9 Å². The van der Waals surface area contributed by atoms with Crippen LogP contribution in [0.5, 0.6) is 0 Å². The van der Waals surface area contributed by atoms with Gasteiger partial charge in [0.2, 0.25) is 0 Å². The van der Waals surface area contributed by atoms with Gasteiger partial charge in [-0.15, -0.1) is 0 Å². The van der Waals surface area contributed by atoms with Crippen LogP contribution in [0.2, 0.25) is 0 Å². The zero-order valence-electron chi connectivity index (χ0n) is 19.2. The van der Waals surface area contributed by atoms with Gasteiger partial charge in [-0.2, -0.15) is 0 Å². The molecule has 1 fully saturated rings. The number of nitrogens with one attached hydrogen (secondary N) is 2. The lowest BCUT2D eigenvalue weighted by Gasteiger charge is -2.29. The minimum absolute atomic E-state index is 0.0352. The molecule has 0 atom stereocenters. The molecule has 0 spiro atoms. The highest BCUT2D eigenvalue weighted by atomic mass is 14.9. The molecule has 0 amide bonds. The molecule has 30 heavy (non-hydrogen) atoms. The highest BCUT2D eigenvalue weighted by molar-refractivity contribution is 5.95. The molecule has 2 aliphatic rings. The van der Waals surface area contributed by atoms with Crippen molar-refractivity contribution in [3.8, 4) is 0 Å². The molecule has 2 aromatic carbocycles. The van der Waals surface area contributed by atoms with Gasteiger partial charge in [-0.3, -0.25) is 0 Å². The first-order valence-corrected chi connectivity index (χ1v) is 11.0. The fourth-order valence-electron chi connectivity index (χ4n) is 4.10. The second-order valence-corrected chi connectivity index (χ2v) is 10.6. The Morgan fingerprint density at radius 3 is 2.27 bits per heavy atom. The minimum atomic E-state index is 0.0352. The fourth-order valence-corrected chi connectivity index (χ4v) is 4.10. The molecular weight excluding hydrogens is 364 g/mol. The van der Waals surface area contributed by atoms with Crippen molar-refractivity contribution in [2.24, 2.45) is 0 Å². The topological polar surface area (TPSA) is 24.1 Å². The summed E-state index contributed by atoms with van der Waals surface area (Å²) in [6, 6.07) is 15.4. The van der Waals surface area contributed by atoms with Gasteiger partial charge in [0.15, 0.2) is 0 Å². The van der Waals surface area contributed by atoms with Crippen LogP contribution in [-0.4, -0.2) is 0 Å². The molecule has 1 aliphatic carbocycles. The van der Waals surface area contributed by atoms with Gasteiger partial charge in [0.05, 0.1) is 0 Å². The lowest BCUT2D eigenvalue weighted by atomic mass is 9.79. The summed E-state index contributed by atoms with van der Waals surface area (Å²) in [5, 5.41) is 7.14. The second kappa shape index (κ2) is 7.19. The van der Waals surface area contributed by atoms with Gasteiger partial charge in [0.1, 0.15) is 0 Å². The molecule has 2 N–H and O–H groups in total. The maximum atomic E-state index is 4.45. The smallest absolute Gasteiger partial charge is 0.0459 e. The van der Waals surface area contributed by atoms with E-state index in [1.54, 1.807) is 0 Å². The fraction of sp³-hybridized carbons (Fsp3) is 0.357. The molecule has 0 bridgehead atoms. The Hall–Kier alpha value is -2.74. The van der Waals surface area contributed by atoms with Crippen molar-refractivity contribution in [1.82, 2.24) is 0 Å². The summed E-state index contributed by atoms with van der Waals surface area (Å²) in [7, 11) is 0. The molecule has 4 rings (SSSR count). The van der Waals surface area contributed by atoms with Crippen molar-refractivity contribution in [2.45, 2.75) is 65.2 Å². The summed E-state index contributed by atoms with van der Waals surface area (Å²) in [6.45, 7) is 18.1. The molecule has 1 saturated carbocycles. The SMILES string of the molecule is C=C(Nc1ccc(C(C)(C)C)cc1C(C)(C)C)C1=CNc2ccccc2C1=C1CC1. The Bertz CT molecular complexity index is 1060. The molecule has 0 saturated heterocycles. The summed E-state index contributed by atoms with van der Waals surface area (Å²) in [5.41, 5.74) is 11.4. The number of hydrogen-bond acceptors (Lipinski definition) is 2. The van der Waals surface area contributed by atoms with Crippen LogP contribution in [0, 0.1) is 0 Å². The van der Waals surface area contributed by atoms with Crippen LogP contribution in [0.1, 0.15) is 71.1 Å². The van der Waals surface area contributed by atoms with E-state index in [9.17, 15) is 0 Å². The first kappa shape index (κ1) is 20.5. The van der Waals surface area contributed by atoms with Crippen molar-refractivity contribution in [3.63, 3.8) is 0 Å². The van der Waals surface area contributed by atoms with Crippen LogP contribution in [0.3, 0.4) is 0 Å². The molecule has 1 heterocycles. The van der Waals surface area contributed by atoms with E-state index in [0.717, 1.165) is 11.4 Å². The number of allylic oxidation sites excluding steroid dienone is 2. The van der Waals surface area contributed by atoms with E-state index in [2.05, 4.69) is 107 Å². The Morgan fingerprint density at radius 2 is 1.63 bits per heavy atom. The van der Waals surface area contributed by atoms with E-state index >= 15 is 0 Å². The average molecular weight is 399 g/mol. The van der Waals surface area contributed by atoms with Gasteiger partial charge in [0, 0.05) is 34.4 Å². The molecule has 0 radical (unpaired) electrons. The first-order chi connectivity index (χ1) is 14.1. The maximum absolute atomic E-state index is 4.45. The molecule has 2 aromatic rings. The third-order valence-electron chi connectivity index (χ3n) is 6.00. The number of hydrogen-bond donors (Lipinski definition) is 2. The van der Waals surface area contributed by atoms with Crippen LogP contribution in [-0.2, 0) is 10.8 Å². The van der Waals surface area contributed by atoms with Crippen LogP contribution in [0.15, 0.2) is 72.1 Å². The molecule has 2 nitrogen and oxygen atoms in total. The van der Waals surface area contributed by atoms with Gasteiger partial charge < -0.3 is 10.6 Å². The zero-order chi connectivity index (χ0) is 21.7.